The Kier molecular flexibility index (Phi) is 3.40. The van der Waals surface area contributed by atoms with Crippen molar-refractivity contribution in [1.82, 2.24) is 4.98 Å². The molecule has 0 amide bonds. The van der Waals surface area contributed by atoms with E-state index in [-0.39, 0.29) is 22.3 Å². The van der Waals surface area contributed by atoms with Gasteiger partial charge in [0, 0.05) is 22.0 Å². The van der Waals surface area contributed by atoms with Crippen LogP contribution in [0.25, 0.3) is 10.9 Å². The molecule has 0 bridgehead atoms. The zero-order chi connectivity index (χ0) is 19.3. The first kappa shape index (κ1) is 17.5. The fourth-order valence-electron chi connectivity index (χ4n) is 8.43. The average Bonchev–Trinajstić information content (AvgIpc) is 3.18. The third-order valence-corrected chi connectivity index (χ3v) is 10.1. The molecule has 3 fully saturated rings. The van der Waals surface area contributed by atoms with Crippen LogP contribution in [-0.2, 0) is 16.6 Å². The molecule has 2 heterocycles. The fraction of sp³-hybridized carbons (Fsp3) is 0.680. The Morgan fingerprint density at radius 3 is 2.71 bits per heavy atom. The molecule has 6 rings (SSSR count). The molecule has 2 saturated carbocycles. The zero-order valence-corrected chi connectivity index (χ0v) is 17.4. The monoisotopic (exact) mass is 379 g/mol. The molecule has 0 radical (unpaired) electrons. The molecule has 28 heavy (non-hydrogen) atoms. The number of benzene rings is 1. The van der Waals surface area contributed by atoms with Gasteiger partial charge in [0.05, 0.1) is 6.10 Å². The Morgan fingerprint density at radius 1 is 1.04 bits per heavy atom. The van der Waals surface area contributed by atoms with Crippen LogP contribution in [-0.4, -0.2) is 22.5 Å². The van der Waals surface area contributed by atoms with Crippen LogP contribution in [0, 0.1) is 22.7 Å². The molecule has 1 unspecified atom stereocenters. The lowest BCUT2D eigenvalue weighted by atomic mass is 9.40. The first-order valence-electron chi connectivity index (χ1n) is 11.3. The first-order valence-corrected chi connectivity index (χ1v) is 11.3. The summed E-state index contributed by atoms with van der Waals surface area (Å²) in [6, 6.07) is 8.88. The van der Waals surface area contributed by atoms with E-state index in [0.717, 1.165) is 25.2 Å². The number of ether oxygens (including phenoxy) is 1. The van der Waals surface area contributed by atoms with Crippen LogP contribution in [0.1, 0.15) is 70.6 Å². The van der Waals surface area contributed by atoms with Crippen molar-refractivity contribution in [2.45, 2.75) is 83.5 Å². The maximum Gasteiger partial charge on any atom is 0.154 e. The minimum absolute atomic E-state index is 0.189. The van der Waals surface area contributed by atoms with Gasteiger partial charge >= 0.3 is 0 Å². The third kappa shape index (κ3) is 1.89. The highest BCUT2D eigenvalue weighted by molar-refractivity contribution is 5.86. The van der Waals surface area contributed by atoms with Gasteiger partial charge in [-0.2, -0.15) is 0 Å². The molecule has 1 aromatic carbocycles. The molecule has 150 valence electrons. The van der Waals surface area contributed by atoms with E-state index in [1.54, 1.807) is 5.56 Å². The Labute approximate surface area is 167 Å². The van der Waals surface area contributed by atoms with E-state index in [1.807, 2.05) is 0 Å². The number of aromatic amines is 1. The molecule has 3 aliphatic carbocycles. The van der Waals surface area contributed by atoms with Crippen molar-refractivity contribution >= 4 is 10.9 Å². The summed E-state index contributed by atoms with van der Waals surface area (Å²) in [6.45, 7) is 7.64. The predicted octanol–water partition coefficient (Wildman–Crippen LogP) is 5.31. The third-order valence-electron chi connectivity index (χ3n) is 10.1. The van der Waals surface area contributed by atoms with Crippen LogP contribution in [0.5, 0.6) is 0 Å². The highest BCUT2D eigenvalue weighted by Gasteiger charge is 2.67. The van der Waals surface area contributed by atoms with Gasteiger partial charge in [0.1, 0.15) is 0 Å². The molecular formula is C25H33NO2. The van der Waals surface area contributed by atoms with E-state index in [0.29, 0.717) is 5.92 Å². The topological polar surface area (TPSA) is 45.2 Å². The lowest BCUT2D eigenvalue weighted by Crippen LogP contribution is -2.64. The Balaban J connectivity index is 1.50. The van der Waals surface area contributed by atoms with Crippen molar-refractivity contribution in [1.29, 1.82) is 0 Å². The van der Waals surface area contributed by atoms with Gasteiger partial charge in [0.25, 0.3) is 0 Å². The summed E-state index contributed by atoms with van der Waals surface area (Å²) in [6.07, 6.45) is 7.69. The molecule has 7 atom stereocenters. The maximum absolute atomic E-state index is 10.1. The predicted molar refractivity (Wildman–Crippen MR) is 111 cm³/mol. The highest BCUT2D eigenvalue weighted by atomic mass is 16.6. The lowest BCUT2D eigenvalue weighted by molar-refractivity contribution is -0.262. The number of hydrogen-bond donors (Lipinski definition) is 2. The van der Waals surface area contributed by atoms with Crippen LogP contribution in [0.2, 0.25) is 0 Å². The summed E-state index contributed by atoms with van der Waals surface area (Å²) >= 11 is 0. The van der Waals surface area contributed by atoms with E-state index in [1.165, 1.54) is 42.3 Å². The summed E-state index contributed by atoms with van der Waals surface area (Å²) in [5.74, 6) is 1.40. The second-order valence-corrected chi connectivity index (χ2v) is 10.8. The number of aromatic nitrogens is 1. The minimum Gasteiger partial charge on any atom is -0.368 e. The molecular weight excluding hydrogens is 346 g/mol. The number of fused-ring (bicyclic) bond motifs is 9. The summed E-state index contributed by atoms with van der Waals surface area (Å²) < 4.78 is 6.10. The Bertz CT molecular complexity index is 949. The van der Waals surface area contributed by atoms with Crippen LogP contribution >= 0.6 is 0 Å². The second kappa shape index (κ2) is 5.43. The summed E-state index contributed by atoms with van der Waals surface area (Å²) in [5, 5.41) is 11.5. The number of aliphatic hydroxyl groups is 1. The lowest BCUT2D eigenvalue weighted by Gasteiger charge is -2.66. The molecule has 2 aromatic rings. The number of rotatable bonds is 0. The number of nitrogens with one attached hydrogen (secondary N) is 1. The molecule has 1 aromatic heterocycles. The first-order chi connectivity index (χ1) is 13.4. The van der Waals surface area contributed by atoms with Crippen molar-refractivity contribution in [3.8, 4) is 0 Å². The van der Waals surface area contributed by atoms with Gasteiger partial charge in [-0.3, -0.25) is 0 Å². The summed E-state index contributed by atoms with van der Waals surface area (Å²) in [7, 11) is 0. The van der Waals surface area contributed by atoms with E-state index in [9.17, 15) is 5.11 Å². The summed E-state index contributed by atoms with van der Waals surface area (Å²) in [5.41, 5.74) is 5.10. The van der Waals surface area contributed by atoms with Crippen LogP contribution < -0.4 is 0 Å². The zero-order valence-electron chi connectivity index (χ0n) is 17.4. The van der Waals surface area contributed by atoms with E-state index >= 15 is 0 Å². The largest absolute Gasteiger partial charge is 0.368 e. The highest BCUT2D eigenvalue weighted by Crippen LogP contribution is 2.71. The van der Waals surface area contributed by atoms with Gasteiger partial charge in [-0.25, -0.2) is 0 Å². The van der Waals surface area contributed by atoms with Crippen LogP contribution in [0.4, 0.5) is 0 Å². The average molecular weight is 380 g/mol. The molecule has 1 aliphatic heterocycles. The van der Waals surface area contributed by atoms with Crippen molar-refractivity contribution in [2.24, 2.45) is 22.7 Å². The van der Waals surface area contributed by atoms with Gasteiger partial charge in [-0.05, 0) is 79.2 Å². The van der Waals surface area contributed by atoms with Crippen LogP contribution in [0.15, 0.2) is 24.3 Å². The van der Waals surface area contributed by atoms with E-state index in [2.05, 4.69) is 50.0 Å². The standard InChI is InChI=1S/C25H33NO2/c1-23-12-11-21(27)28-20(23)10-13-24(2)19(23)9-8-15-14-17-16-6-4-5-7-18(16)26-22(17)25(15,24)3/h4-7,15,19-21,26-27H,8-14H2,1-3H3/t15-,19-,20-,21?,23-,24-,25+/m0/s1. The Hall–Kier alpha value is -1.32. The van der Waals surface area contributed by atoms with Gasteiger partial charge in [0.15, 0.2) is 6.29 Å². The van der Waals surface area contributed by atoms with E-state index in [4.69, 9.17) is 4.74 Å². The van der Waals surface area contributed by atoms with E-state index < -0.39 is 6.29 Å². The Morgan fingerprint density at radius 2 is 1.86 bits per heavy atom. The second-order valence-electron chi connectivity index (χ2n) is 10.8. The van der Waals surface area contributed by atoms with Gasteiger partial charge < -0.3 is 14.8 Å². The number of aliphatic hydroxyl groups excluding tert-OH is 1. The minimum atomic E-state index is -0.554. The number of H-pyrrole nitrogens is 1. The van der Waals surface area contributed by atoms with Crippen LogP contribution in [0.3, 0.4) is 0 Å². The van der Waals surface area contributed by atoms with Gasteiger partial charge in [-0.15, -0.1) is 0 Å². The molecule has 3 heteroatoms. The smallest absolute Gasteiger partial charge is 0.154 e. The quantitative estimate of drug-likeness (QED) is 0.651. The number of para-hydroxylation sites is 1. The SMILES string of the molecule is C[C@@]12CCC(O)O[C@H]1CC[C@@]1(C)[C@H]2CC[C@H]2Cc3c([nH]c4ccccc34)[C@@]21C. The summed E-state index contributed by atoms with van der Waals surface area (Å²) in [4.78, 5) is 3.89. The maximum atomic E-state index is 10.1. The van der Waals surface area contributed by atoms with Gasteiger partial charge in [0.2, 0.25) is 0 Å². The molecule has 4 aliphatic rings. The normalized spacial score (nSPS) is 47.3. The van der Waals surface area contributed by atoms with Crippen molar-refractivity contribution in [2.75, 3.05) is 0 Å². The fourth-order valence-corrected chi connectivity index (χ4v) is 8.43. The van der Waals surface area contributed by atoms with Crippen molar-refractivity contribution < 1.29 is 9.84 Å². The van der Waals surface area contributed by atoms with Crippen molar-refractivity contribution in [3.63, 3.8) is 0 Å². The van der Waals surface area contributed by atoms with Crippen molar-refractivity contribution in [3.05, 3.63) is 35.5 Å². The molecule has 0 spiro atoms. The molecule has 2 N–H and O–H groups in total. The van der Waals surface area contributed by atoms with Gasteiger partial charge in [-0.1, -0.05) is 39.0 Å². The molecule has 3 nitrogen and oxygen atoms in total. The number of hydrogen-bond acceptors (Lipinski definition) is 2. The molecule has 1 saturated heterocycles.